The van der Waals surface area contributed by atoms with Crippen LogP contribution in [0, 0.1) is 0 Å². The first-order valence-electron chi connectivity index (χ1n) is 5.09. The van der Waals surface area contributed by atoms with E-state index < -0.39 is 6.61 Å². The number of aliphatic hydroxyl groups is 1. The Morgan fingerprint density at radius 1 is 1.19 bits per heavy atom. The molecule has 0 aliphatic carbocycles. The van der Waals surface area contributed by atoms with Gasteiger partial charge in [-0.15, -0.1) is 0 Å². The van der Waals surface area contributed by atoms with E-state index in [4.69, 9.17) is 5.11 Å². The monoisotopic (exact) mass is 215 g/mol. The average Bonchev–Trinajstić information content (AvgIpc) is 2.36. The first-order chi connectivity index (χ1) is 7.74. The molecule has 16 heavy (non-hydrogen) atoms. The van der Waals surface area contributed by atoms with Gasteiger partial charge in [-0.1, -0.05) is 36.4 Å². The maximum Gasteiger partial charge on any atom is 0.252 e. The molecule has 0 atom stereocenters. The highest BCUT2D eigenvalue weighted by Gasteiger charge is 2.11. The highest BCUT2D eigenvalue weighted by molar-refractivity contribution is 6.03. The average molecular weight is 215 g/mol. The third-order valence-electron chi connectivity index (χ3n) is 2.64. The summed E-state index contributed by atoms with van der Waals surface area (Å²) in [6.07, 6.45) is 0. The van der Waals surface area contributed by atoms with Crippen LogP contribution in [0.4, 0.5) is 5.69 Å². The fourth-order valence-corrected chi connectivity index (χ4v) is 1.74. The standard InChI is InChI=1S/C13H13NO2/c1-14(13(16)9-15)12-8-4-6-10-5-2-3-7-11(10)12/h2-8,15H,9H2,1H3. The second-order valence-corrected chi connectivity index (χ2v) is 3.61. The molecule has 3 heteroatoms. The number of aliphatic hydroxyl groups excluding tert-OH is 1. The number of rotatable bonds is 2. The van der Waals surface area contributed by atoms with E-state index in [-0.39, 0.29) is 5.91 Å². The zero-order valence-electron chi connectivity index (χ0n) is 9.05. The number of fused-ring (bicyclic) bond motifs is 1. The summed E-state index contributed by atoms with van der Waals surface area (Å²) in [5, 5.41) is 10.9. The molecule has 82 valence electrons. The second kappa shape index (κ2) is 4.33. The molecule has 2 aromatic carbocycles. The summed E-state index contributed by atoms with van der Waals surface area (Å²) in [4.78, 5) is 12.9. The van der Waals surface area contributed by atoms with Gasteiger partial charge in [-0.2, -0.15) is 0 Å². The minimum absolute atomic E-state index is 0.309. The largest absolute Gasteiger partial charge is 0.387 e. The van der Waals surface area contributed by atoms with Gasteiger partial charge < -0.3 is 10.0 Å². The number of benzene rings is 2. The molecule has 2 rings (SSSR count). The van der Waals surface area contributed by atoms with Crippen LogP contribution in [0.3, 0.4) is 0 Å². The quantitative estimate of drug-likeness (QED) is 0.829. The first-order valence-corrected chi connectivity index (χ1v) is 5.09. The van der Waals surface area contributed by atoms with E-state index in [0.29, 0.717) is 0 Å². The summed E-state index contributed by atoms with van der Waals surface area (Å²) in [5.41, 5.74) is 0.817. The lowest BCUT2D eigenvalue weighted by molar-refractivity contribution is -0.120. The molecule has 0 saturated carbocycles. The summed E-state index contributed by atoms with van der Waals surface area (Å²) in [5.74, 6) is -0.309. The van der Waals surface area contributed by atoms with Gasteiger partial charge in [-0.05, 0) is 11.5 Å². The maximum atomic E-state index is 11.4. The Bertz CT molecular complexity index is 517. The topological polar surface area (TPSA) is 40.5 Å². The zero-order chi connectivity index (χ0) is 11.5. The van der Waals surface area contributed by atoms with Gasteiger partial charge in [0.25, 0.3) is 5.91 Å². The van der Waals surface area contributed by atoms with E-state index in [2.05, 4.69) is 0 Å². The lowest BCUT2D eigenvalue weighted by atomic mass is 10.1. The number of carbonyl (C=O) groups excluding carboxylic acids is 1. The zero-order valence-corrected chi connectivity index (χ0v) is 9.05. The van der Waals surface area contributed by atoms with Gasteiger partial charge in [0.2, 0.25) is 0 Å². The molecule has 0 heterocycles. The highest BCUT2D eigenvalue weighted by Crippen LogP contribution is 2.25. The van der Waals surface area contributed by atoms with Crippen molar-refractivity contribution >= 4 is 22.4 Å². The van der Waals surface area contributed by atoms with Crippen molar-refractivity contribution in [1.29, 1.82) is 0 Å². The number of hydrogen-bond acceptors (Lipinski definition) is 2. The van der Waals surface area contributed by atoms with Crippen LogP contribution in [0.2, 0.25) is 0 Å². The van der Waals surface area contributed by atoms with Crippen LogP contribution >= 0.6 is 0 Å². The Morgan fingerprint density at radius 2 is 1.88 bits per heavy atom. The smallest absolute Gasteiger partial charge is 0.252 e. The molecular formula is C13H13NO2. The Morgan fingerprint density at radius 3 is 2.62 bits per heavy atom. The lowest BCUT2D eigenvalue weighted by Crippen LogP contribution is -2.28. The van der Waals surface area contributed by atoms with Gasteiger partial charge in [-0.25, -0.2) is 0 Å². The number of nitrogens with zero attached hydrogens (tertiary/aromatic N) is 1. The number of amides is 1. The molecule has 3 nitrogen and oxygen atoms in total. The van der Waals surface area contributed by atoms with Gasteiger partial charge in [0.1, 0.15) is 6.61 Å². The molecule has 0 spiro atoms. The van der Waals surface area contributed by atoms with E-state index in [1.54, 1.807) is 7.05 Å². The molecular weight excluding hydrogens is 202 g/mol. The number of carbonyl (C=O) groups is 1. The lowest BCUT2D eigenvalue weighted by Gasteiger charge is -2.18. The third-order valence-corrected chi connectivity index (χ3v) is 2.64. The number of hydrogen-bond donors (Lipinski definition) is 1. The predicted octanol–water partition coefficient (Wildman–Crippen LogP) is 1.79. The summed E-state index contributed by atoms with van der Waals surface area (Å²) in [6.45, 7) is -0.472. The number of likely N-dealkylation sites (N-methyl/N-ethyl adjacent to an activating group) is 1. The third kappa shape index (κ3) is 1.77. The van der Waals surface area contributed by atoms with Crippen molar-refractivity contribution in [3.05, 3.63) is 42.5 Å². The fourth-order valence-electron chi connectivity index (χ4n) is 1.74. The van der Waals surface area contributed by atoms with Gasteiger partial charge in [0.05, 0.1) is 5.69 Å². The molecule has 2 aromatic rings. The molecule has 1 N–H and O–H groups in total. The Balaban J connectivity index is 2.56. The SMILES string of the molecule is CN(C(=O)CO)c1cccc2ccccc12. The van der Waals surface area contributed by atoms with E-state index in [9.17, 15) is 4.79 Å². The van der Waals surface area contributed by atoms with Gasteiger partial charge in [0, 0.05) is 12.4 Å². The normalized spacial score (nSPS) is 10.4. The van der Waals surface area contributed by atoms with Crippen molar-refractivity contribution in [2.45, 2.75) is 0 Å². The van der Waals surface area contributed by atoms with Crippen LogP contribution in [0.1, 0.15) is 0 Å². The molecule has 0 unspecified atom stereocenters. The van der Waals surface area contributed by atoms with Crippen molar-refractivity contribution in [1.82, 2.24) is 0 Å². The summed E-state index contributed by atoms with van der Waals surface area (Å²) < 4.78 is 0. The van der Waals surface area contributed by atoms with Gasteiger partial charge in [0.15, 0.2) is 0 Å². The molecule has 0 bridgehead atoms. The van der Waals surface area contributed by atoms with Crippen molar-refractivity contribution in [3.63, 3.8) is 0 Å². The minimum atomic E-state index is -0.472. The Labute approximate surface area is 93.9 Å². The van der Waals surface area contributed by atoms with Crippen LogP contribution in [0.25, 0.3) is 10.8 Å². The number of anilines is 1. The van der Waals surface area contributed by atoms with Crippen LogP contribution < -0.4 is 4.90 Å². The van der Waals surface area contributed by atoms with Gasteiger partial charge >= 0.3 is 0 Å². The van der Waals surface area contributed by atoms with Crippen LogP contribution in [0.5, 0.6) is 0 Å². The van der Waals surface area contributed by atoms with Crippen LogP contribution in [-0.2, 0) is 4.79 Å². The Kier molecular flexibility index (Phi) is 2.88. The summed E-state index contributed by atoms with van der Waals surface area (Å²) in [6, 6.07) is 13.6. The molecule has 1 amide bonds. The van der Waals surface area contributed by atoms with Crippen molar-refractivity contribution < 1.29 is 9.90 Å². The highest BCUT2D eigenvalue weighted by atomic mass is 16.3. The van der Waals surface area contributed by atoms with E-state index in [0.717, 1.165) is 16.5 Å². The summed E-state index contributed by atoms with van der Waals surface area (Å²) in [7, 11) is 1.67. The molecule has 0 aromatic heterocycles. The molecule has 0 radical (unpaired) electrons. The van der Waals surface area contributed by atoms with Crippen molar-refractivity contribution in [2.24, 2.45) is 0 Å². The minimum Gasteiger partial charge on any atom is -0.387 e. The first kappa shape index (κ1) is 10.6. The van der Waals surface area contributed by atoms with E-state index >= 15 is 0 Å². The van der Waals surface area contributed by atoms with Crippen LogP contribution in [-0.4, -0.2) is 24.7 Å². The summed E-state index contributed by atoms with van der Waals surface area (Å²) >= 11 is 0. The Hall–Kier alpha value is -1.87. The fraction of sp³-hybridized carbons (Fsp3) is 0.154. The van der Waals surface area contributed by atoms with E-state index in [1.807, 2.05) is 42.5 Å². The van der Waals surface area contributed by atoms with Crippen LogP contribution in [0.15, 0.2) is 42.5 Å². The van der Waals surface area contributed by atoms with E-state index in [1.165, 1.54) is 4.90 Å². The maximum absolute atomic E-state index is 11.4. The molecule has 0 aliphatic rings. The molecule has 0 fully saturated rings. The molecule has 0 saturated heterocycles. The second-order valence-electron chi connectivity index (χ2n) is 3.61. The molecule has 0 aliphatic heterocycles. The van der Waals surface area contributed by atoms with Gasteiger partial charge in [-0.3, -0.25) is 4.79 Å². The van der Waals surface area contributed by atoms with Crippen molar-refractivity contribution in [2.75, 3.05) is 18.6 Å². The van der Waals surface area contributed by atoms with Crippen molar-refractivity contribution in [3.8, 4) is 0 Å². The predicted molar refractivity (Wildman–Crippen MR) is 64.4 cm³/mol.